The lowest BCUT2D eigenvalue weighted by atomic mass is 9.99. The zero-order valence-corrected chi connectivity index (χ0v) is 16.1. The molecule has 2 rings (SSSR count). The molecule has 2 aromatic rings. The summed E-state index contributed by atoms with van der Waals surface area (Å²) in [6.45, 7) is 3.57. The molecule has 7 heteroatoms. The molecule has 1 amide bonds. The maximum absolute atomic E-state index is 12.6. The molecule has 0 heterocycles. The molecule has 2 atom stereocenters. The molecule has 0 fully saturated rings. The third-order valence-corrected chi connectivity index (χ3v) is 6.11. The van der Waals surface area contributed by atoms with Gasteiger partial charge in [-0.2, -0.15) is 0 Å². The van der Waals surface area contributed by atoms with Crippen LogP contribution in [0.3, 0.4) is 0 Å². The van der Waals surface area contributed by atoms with Crippen LogP contribution in [0.1, 0.15) is 36.2 Å². The molecule has 0 radical (unpaired) electrons. The maximum atomic E-state index is 12.6. The molecule has 0 aliphatic rings. The second-order valence-corrected chi connectivity index (χ2v) is 8.44. The number of carbonyl (C=O) groups excluding carboxylic acids is 1. The minimum Gasteiger partial charge on any atom is -0.480 e. The normalized spacial score (nSPS) is 13.6. The summed E-state index contributed by atoms with van der Waals surface area (Å²) in [7, 11) is -3.63. The summed E-state index contributed by atoms with van der Waals surface area (Å²) in [4.78, 5) is 23.9. The molecule has 0 bridgehead atoms. The molecule has 0 saturated carbocycles. The number of nitrogens with one attached hydrogen (secondary N) is 1. The number of carboxylic acids is 1. The van der Waals surface area contributed by atoms with Gasteiger partial charge >= 0.3 is 5.97 Å². The van der Waals surface area contributed by atoms with Crippen molar-refractivity contribution in [3.63, 3.8) is 0 Å². The zero-order chi connectivity index (χ0) is 20.0. The lowest BCUT2D eigenvalue weighted by molar-refractivity contribution is -0.140. The number of benzene rings is 2. The Hall–Kier alpha value is -2.67. The maximum Gasteiger partial charge on any atom is 0.326 e. The second kappa shape index (κ2) is 8.81. The smallest absolute Gasteiger partial charge is 0.326 e. The fourth-order valence-corrected chi connectivity index (χ4v) is 4.01. The summed E-state index contributed by atoms with van der Waals surface area (Å²) in [5.41, 5.74) is 0.758. The van der Waals surface area contributed by atoms with Gasteiger partial charge < -0.3 is 10.4 Å². The van der Waals surface area contributed by atoms with E-state index in [-0.39, 0.29) is 22.1 Å². The third-order valence-electron chi connectivity index (χ3n) is 4.42. The largest absolute Gasteiger partial charge is 0.480 e. The first-order valence-electron chi connectivity index (χ1n) is 8.65. The number of aliphatic carboxylic acids is 1. The minimum atomic E-state index is -3.63. The summed E-state index contributed by atoms with van der Waals surface area (Å²) in [6, 6.07) is 13.4. The molecule has 27 heavy (non-hydrogen) atoms. The number of sulfone groups is 1. The van der Waals surface area contributed by atoms with Crippen molar-refractivity contribution in [2.45, 2.75) is 37.0 Å². The predicted octanol–water partition coefficient (Wildman–Crippen LogP) is 2.89. The van der Waals surface area contributed by atoms with Crippen molar-refractivity contribution in [3.05, 3.63) is 65.7 Å². The van der Waals surface area contributed by atoms with Crippen LogP contribution in [0.15, 0.2) is 59.5 Å². The van der Waals surface area contributed by atoms with Gasteiger partial charge in [0.05, 0.1) is 10.6 Å². The summed E-state index contributed by atoms with van der Waals surface area (Å²) in [6.07, 6.45) is 0.586. The Morgan fingerprint density at radius 1 is 1.07 bits per heavy atom. The van der Waals surface area contributed by atoms with E-state index < -0.39 is 27.8 Å². The number of hydrogen-bond acceptors (Lipinski definition) is 4. The van der Waals surface area contributed by atoms with Crippen molar-refractivity contribution in [1.82, 2.24) is 5.32 Å². The molecular formula is C20H23NO5S. The van der Waals surface area contributed by atoms with E-state index in [1.165, 1.54) is 24.3 Å². The van der Waals surface area contributed by atoms with E-state index in [0.717, 1.165) is 0 Å². The highest BCUT2D eigenvalue weighted by Gasteiger charge is 2.26. The molecule has 2 aromatic carbocycles. The number of carboxylic acid groups (broad SMARTS) is 1. The number of carbonyl (C=O) groups is 2. The van der Waals surface area contributed by atoms with Crippen molar-refractivity contribution in [3.8, 4) is 0 Å². The Bertz CT molecular complexity index is 909. The van der Waals surface area contributed by atoms with Gasteiger partial charge in [-0.1, -0.05) is 56.7 Å². The molecule has 0 saturated heterocycles. The van der Waals surface area contributed by atoms with Crippen LogP contribution >= 0.6 is 0 Å². The van der Waals surface area contributed by atoms with E-state index in [2.05, 4.69) is 5.32 Å². The van der Waals surface area contributed by atoms with Crippen LogP contribution in [0.4, 0.5) is 0 Å². The first kappa shape index (κ1) is 20.6. The monoisotopic (exact) mass is 389 g/mol. The minimum absolute atomic E-state index is 0.0226. The summed E-state index contributed by atoms with van der Waals surface area (Å²) >= 11 is 0. The lowest BCUT2D eigenvalue weighted by Gasteiger charge is -2.20. The zero-order valence-electron chi connectivity index (χ0n) is 15.3. The van der Waals surface area contributed by atoms with Gasteiger partial charge in [-0.3, -0.25) is 4.79 Å². The van der Waals surface area contributed by atoms with Gasteiger partial charge in [-0.15, -0.1) is 0 Å². The highest BCUT2D eigenvalue weighted by molar-refractivity contribution is 7.90. The van der Waals surface area contributed by atoms with Gasteiger partial charge in [0, 0.05) is 5.56 Å². The summed E-state index contributed by atoms with van der Waals surface area (Å²) < 4.78 is 25.3. The Morgan fingerprint density at radius 2 is 1.74 bits per heavy atom. The van der Waals surface area contributed by atoms with Crippen molar-refractivity contribution in [1.29, 1.82) is 0 Å². The van der Waals surface area contributed by atoms with Gasteiger partial charge in [-0.05, 0) is 29.7 Å². The van der Waals surface area contributed by atoms with Crippen LogP contribution < -0.4 is 5.32 Å². The Labute approximate surface area is 159 Å². The molecule has 0 spiro atoms. The molecule has 2 N–H and O–H groups in total. The molecular weight excluding hydrogens is 366 g/mol. The first-order chi connectivity index (χ1) is 12.7. The van der Waals surface area contributed by atoms with Gasteiger partial charge in [-0.25, -0.2) is 13.2 Å². The Kier molecular flexibility index (Phi) is 6.74. The molecule has 0 aromatic heterocycles. The van der Waals surface area contributed by atoms with Crippen molar-refractivity contribution < 1.29 is 23.1 Å². The fourth-order valence-electron chi connectivity index (χ4n) is 2.62. The lowest BCUT2D eigenvalue weighted by Crippen LogP contribution is -2.45. The van der Waals surface area contributed by atoms with E-state index in [1.54, 1.807) is 37.3 Å². The average Bonchev–Trinajstić information content (AvgIpc) is 2.65. The van der Waals surface area contributed by atoms with Gasteiger partial charge in [0.25, 0.3) is 5.91 Å². The Morgan fingerprint density at radius 3 is 2.33 bits per heavy atom. The van der Waals surface area contributed by atoms with Crippen LogP contribution in [0.2, 0.25) is 0 Å². The number of rotatable bonds is 8. The summed E-state index contributed by atoms with van der Waals surface area (Å²) in [5, 5.41) is 11.8. The standard InChI is InChI=1S/C20H23NO5S/c1-3-14(2)18(20(23)24)21-19(22)16-10-7-11-17(12-16)27(25,26)13-15-8-5-4-6-9-15/h4-12,14,18H,3,13H2,1-2H3,(H,21,22)(H,23,24). The van der Waals surface area contributed by atoms with E-state index >= 15 is 0 Å². The van der Waals surface area contributed by atoms with Crippen LogP contribution in [-0.2, 0) is 20.4 Å². The molecule has 144 valence electrons. The van der Waals surface area contributed by atoms with Crippen LogP contribution in [0.5, 0.6) is 0 Å². The van der Waals surface area contributed by atoms with E-state index in [9.17, 15) is 23.1 Å². The quantitative estimate of drug-likeness (QED) is 0.723. The topological polar surface area (TPSA) is 101 Å². The molecule has 2 unspecified atom stereocenters. The third kappa shape index (κ3) is 5.40. The molecule has 0 aliphatic carbocycles. The van der Waals surface area contributed by atoms with Crippen molar-refractivity contribution in [2.75, 3.05) is 0 Å². The molecule has 0 aliphatic heterocycles. The van der Waals surface area contributed by atoms with Crippen LogP contribution in [0.25, 0.3) is 0 Å². The SMILES string of the molecule is CCC(C)C(NC(=O)c1cccc(S(=O)(=O)Cc2ccccc2)c1)C(=O)O. The Balaban J connectivity index is 2.23. The van der Waals surface area contributed by atoms with Gasteiger partial charge in [0.15, 0.2) is 9.84 Å². The number of amides is 1. The molecule has 6 nitrogen and oxygen atoms in total. The van der Waals surface area contributed by atoms with Crippen molar-refractivity contribution >= 4 is 21.7 Å². The second-order valence-electron chi connectivity index (χ2n) is 6.45. The van der Waals surface area contributed by atoms with Gasteiger partial charge in [0.1, 0.15) is 6.04 Å². The van der Waals surface area contributed by atoms with Crippen molar-refractivity contribution in [2.24, 2.45) is 5.92 Å². The van der Waals surface area contributed by atoms with E-state index in [4.69, 9.17) is 0 Å². The number of hydrogen-bond donors (Lipinski definition) is 2. The van der Waals surface area contributed by atoms with E-state index in [0.29, 0.717) is 12.0 Å². The average molecular weight is 389 g/mol. The predicted molar refractivity (Wildman–Crippen MR) is 102 cm³/mol. The summed E-state index contributed by atoms with van der Waals surface area (Å²) in [5.74, 6) is -2.16. The first-order valence-corrected chi connectivity index (χ1v) is 10.3. The van der Waals surface area contributed by atoms with E-state index in [1.807, 2.05) is 6.92 Å². The van der Waals surface area contributed by atoms with Crippen LogP contribution in [0, 0.1) is 5.92 Å². The highest BCUT2D eigenvalue weighted by atomic mass is 32.2. The van der Waals surface area contributed by atoms with Gasteiger partial charge in [0.2, 0.25) is 0 Å². The highest BCUT2D eigenvalue weighted by Crippen LogP contribution is 2.18. The fraction of sp³-hybridized carbons (Fsp3) is 0.300. The van der Waals surface area contributed by atoms with Crippen LogP contribution in [-0.4, -0.2) is 31.4 Å².